The van der Waals surface area contributed by atoms with Crippen molar-refractivity contribution in [1.82, 2.24) is 4.98 Å². The number of hydrogen-bond acceptors (Lipinski definition) is 1. The van der Waals surface area contributed by atoms with Crippen LogP contribution < -0.4 is 0 Å². The highest BCUT2D eigenvalue weighted by atomic mass is 35.5. The Bertz CT molecular complexity index is 673. The quantitative estimate of drug-likeness (QED) is 0.626. The number of nitrogens with one attached hydrogen (secondary N) is 1. The fraction of sp³-hybridized carbons (Fsp3) is 0.250. The summed E-state index contributed by atoms with van der Waals surface area (Å²) >= 11 is 5.75. The summed E-state index contributed by atoms with van der Waals surface area (Å²) in [5.41, 5.74) is -0.566. The number of hydrogen-bond donors (Lipinski definition) is 1. The number of Topliss-reactive ketones (excluding diaryl/α,β-unsaturated/α-hetero) is 1. The Labute approximate surface area is 118 Å². The monoisotopic (exact) mass is 329 g/mol. The highest BCUT2D eigenvalue weighted by Gasteiger charge is 2.61. The van der Waals surface area contributed by atoms with Gasteiger partial charge >= 0.3 is 12.4 Å². The van der Waals surface area contributed by atoms with Gasteiger partial charge in [0.05, 0.1) is 5.02 Å². The van der Waals surface area contributed by atoms with Gasteiger partial charge in [0.25, 0.3) is 0 Å². The lowest BCUT2D eigenvalue weighted by molar-refractivity contribution is -0.264. The average molecular weight is 330 g/mol. The molecule has 0 saturated heterocycles. The zero-order valence-electron chi connectivity index (χ0n) is 9.94. The van der Waals surface area contributed by atoms with Gasteiger partial charge in [-0.15, -0.1) is 0 Å². The fourth-order valence-corrected chi connectivity index (χ4v) is 2.25. The summed E-state index contributed by atoms with van der Waals surface area (Å²) in [6.07, 6.45) is -10.7. The summed E-state index contributed by atoms with van der Waals surface area (Å²) < 4.78 is 75.4. The van der Waals surface area contributed by atoms with Crippen molar-refractivity contribution in [3.05, 3.63) is 35.0 Å². The zero-order chi connectivity index (χ0) is 16.0. The number of fused-ring (bicyclic) bond motifs is 1. The number of aromatic nitrogens is 1. The molecule has 9 heteroatoms. The van der Waals surface area contributed by atoms with Crippen molar-refractivity contribution in [3.63, 3.8) is 0 Å². The number of carbonyl (C=O) groups excluding carboxylic acids is 1. The van der Waals surface area contributed by atoms with Crippen molar-refractivity contribution >= 4 is 28.3 Å². The molecule has 114 valence electrons. The predicted molar refractivity (Wildman–Crippen MR) is 63.2 cm³/mol. The third kappa shape index (κ3) is 2.85. The van der Waals surface area contributed by atoms with Gasteiger partial charge in [-0.05, 0) is 12.1 Å². The standard InChI is InChI=1S/C12H6ClF6NO/c13-6-2-1-3-7-8(6)5(4-20-7)9(21)10(11(14,15)16)12(17,18)19/h1-4,10,20H. The fourth-order valence-electron chi connectivity index (χ4n) is 1.97. The molecule has 0 aliphatic carbocycles. The van der Waals surface area contributed by atoms with Crippen molar-refractivity contribution in [1.29, 1.82) is 0 Å². The molecule has 0 saturated carbocycles. The molecule has 0 aliphatic heterocycles. The van der Waals surface area contributed by atoms with Crippen LogP contribution in [-0.4, -0.2) is 23.1 Å². The summed E-state index contributed by atoms with van der Waals surface area (Å²) in [6.45, 7) is 0. The summed E-state index contributed by atoms with van der Waals surface area (Å²) in [5.74, 6) is -6.17. The third-order valence-electron chi connectivity index (χ3n) is 2.84. The Balaban J connectivity index is 2.60. The minimum absolute atomic E-state index is 0.111. The van der Waals surface area contributed by atoms with E-state index in [1.165, 1.54) is 18.2 Å². The van der Waals surface area contributed by atoms with Gasteiger partial charge in [-0.25, -0.2) is 0 Å². The lowest BCUT2D eigenvalue weighted by atomic mass is 9.96. The smallest absolute Gasteiger partial charge is 0.360 e. The van der Waals surface area contributed by atoms with Crippen molar-refractivity contribution in [3.8, 4) is 0 Å². The second-order valence-electron chi connectivity index (χ2n) is 4.25. The van der Waals surface area contributed by atoms with Crippen LogP contribution in [0.25, 0.3) is 10.9 Å². The van der Waals surface area contributed by atoms with Crippen LogP contribution >= 0.6 is 11.6 Å². The first-order valence-corrected chi connectivity index (χ1v) is 5.84. The van der Waals surface area contributed by atoms with Gasteiger partial charge in [-0.3, -0.25) is 4.79 Å². The lowest BCUT2D eigenvalue weighted by Gasteiger charge is -2.21. The molecule has 0 atom stereocenters. The van der Waals surface area contributed by atoms with Gasteiger partial charge in [-0.2, -0.15) is 26.3 Å². The van der Waals surface area contributed by atoms with Crippen LogP contribution in [0.15, 0.2) is 24.4 Å². The van der Waals surface area contributed by atoms with Gasteiger partial charge in [0, 0.05) is 22.7 Å². The van der Waals surface area contributed by atoms with E-state index in [-0.39, 0.29) is 15.9 Å². The second-order valence-corrected chi connectivity index (χ2v) is 4.65. The highest BCUT2D eigenvalue weighted by Crippen LogP contribution is 2.42. The van der Waals surface area contributed by atoms with Crippen LogP contribution in [0.4, 0.5) is 26.3 Å². The van der Waals surface area contributed by atoms with E-state index in [2.05, 4.69) is 4.98 Å². The van der Waals surface area contributed by atoms with Crippen LogP contribution in [-0.2, 0) is 0 Å². The normalized spacial score (nSPS) is 13.1. The molecule has 2 nitrogen and oxygen atoms in total. The third-order valence-corrected chi connectivity index (χ3v) is 3.15. The summed E-state index contributed by atoms with van der Waals surface area (Å²) in [5, 5.41) is -0.275. The van der Waals surface area contributed by atoms with Crippen LogP contribution in [0.2, 0.25) is 5.02 Å². The van der Waals surface area contributed by atoms with Crippen molar-refractivity contribution in [2.75, 3.05) is 0 Å². The first kappa shape index (κ1) is 15.7. The van der Waals surface area contributed by atoms with E-state index in [1.54, 1.807) is 0 Å². The SMILES string of the molecule is O=C(c1c[nH]c2cccc(Cl)c12)C(C(F)(F)F)C(F)(F)F. The van der Waals surface area contributed by atoms with Crippen LogP contribution in [0.5, 0.6) is 0 Å². The Morgan fingerprint density at radius 2 is 1.67 bits per heavy atom. The largest absolute Gasteiger partial charge is 0.407 e. The number of carbonyl (C=O) groups is 1. The molecule has 0 fully saturated rings. The maximum Gasteiger partial charge on any atom is 0.407 e. The Morgan fingerprint density at radius 1 is 1.10 bits per heavy atom. The van der Waals surface area contributed by atoms with Crippen molar-refractivity contribution < 1.29 is 31.1 Å². The Hall–Kier alpha value is -1.70. The van der Waals surface area contributed by atoms with Gasteiger partial charge < -0.3 is 4.98 Å². The molecule has 2 aromatic rings. The number of H-pyrrole nitrogens is 1. The van der Waals surface area contributed by atoms with E-state index in [9.17, 15) is 31.1 Å². The predicted octanol–water partition coefficient (Wildman–Crippen LogP) is 4.74. The molecule has 0 unspecified atom stereocenters. The zero-order valence-corrected chi connectivity index (χ0v) is 10.7. The van der Waals surface area contributed by atoms with E-state index in [0.29, 0.717) is 0 Å². The highest BCUT2D eigenvalue weighted by molar-refractivity contribution is 6.37. The molecule has 2 rings (SSSR count). The summed E-state index contributed by atoms with van der Waals surface area (Å²) in [7, 11) is 0. The summed E-state index contributed by atoms with van der Waals surface area (Å²) in [6, 6.07) is 4.10. The molecule has 0 aliphatic rings. The minimum atomic E-state index is -5.74. The first-order chi connectivity index (χ1) is 9.53. The van der Waals surface area contributed by atoms with E-state index < -0.39 is 29.6 Å². The Kier molecular flexibility index (Phi) is 3.69. The molecule has 1 heterocycles. The number of alkyl halides is 6. The maximum atomic E-state index is 12.6. The number of benzene rings is 1. The molecule has 1 N–H and O–H groups in total. The molecular weight excluding hydrogens is 324 g/mol. The molecule has 1 aromatic heterocycles. The molecule has 21 heavy (non-hydrogen) atoms. The number of ketones is 1. The second kappa shape index (κ2) is 4.94. The lowest BCUT2D eigenvalue weighted by Crippen LogP contribution is -2.42. The molecule has 0 amide bonds. The average Bonchev–Trinajstić information content (AvgIpc) is 2.69. The first-order valence-electron chi connectivity index (χ1n) is 5.46. The van der Waals surface area contributed by atoms with Gasteiger partial charge in [-0.1, -0.05) is 17.7 Å². The minimum Gasteiger partial charge on any atom is -0.360 e. The maximum absolute atomic E-state index is 12.6. The van der Waals surface area contributed by atoms with Crippen LogP contribution in [0.3, 0.4) is 0 Å². The Morgan fingerprint density at radius 3 is 2.19 bits per heavy atom. The van der Waals surface area contributed by atoms with E-state index in [1.807, 2.05) is 0 Å². The van der Waals surface area contributed by atoms with Crippen LogP contribution in [0, 0.1) is 5.92 Å². The van der Waals surface area contributed by atoms with Gasteiger partial charge in [0.15, 0.2) is 5.78 Å². The number of rotatable bonds is 2. The number of aromatic amines is 1. The van der Waals surface area contributed by atoms with E-state index in [0.717, 1.165) is 6.20 Å². The molecular formula is C12H6ClF6NO. The van der Waals surface area contributed by atoms with Gasteiger partial charge in [0.1, 0.15) is 0 Å². The topological polar surface area (TPSA) is 32.9 Å². The molecule has 0 spiro atoms. The van der Waals surface area contributed by atoms with E-state index in [4.69, 9.17) is 11.6 Å². The van der Waals surface area contributed by atoms with E-state index >= 15 is 0 Å². The van der Waals surface area contributed by atoms with Crippen molar-refractivity contribution in [2.45, 2.75) is 12.4 Å². The van der Waals surface area contributed by atoms with Gasteiger partial charge in [0.2, 0.25) is 5.92 Å². The molecule has 0 radical (unpaired) electrons. The van der Waals surface area contributed by atoms with Crippen LogP contribution in [0.1, 0.15) is 10.4 Å². The number of halogens is 7. The van der Waals surface area contributed by atoms with Crippen molar-refractivity contribution in [2.24, 2.45) is 5.92 Å². The molecule has 1 aromatic carbocycles. The molecule has 0 bridgehead atoms. The summed E-state index contributed by atoms with van der Waals surface area (Å²) in [4.78, 5) is 14.2.